The maximum atomic E-state index is 14.7. The molecule has 6 nitrogen and oxygen atoms in total. The van der Waals surface area contributed by atoms with E-state index >= 15 is 0 Å². The number of allylic oxidation sites excluding steroid dienone is 4. The Morgan fingerprint density at radius 2 is 2.29 bits per heavy atom. The van der Waals surface area contributed by atoms with Crippen molar-refractivity contribution in [2.45, 2.75) is 18.9 Å². The number of amides is 2. The molecular formula is C19H21Cl2FN4O2. The number of carbonyl (C=O) groups excluding carboxylic acids is 2. The summed E-state index contributed by atoms with van der Waals surface area (Å²) in [7, 11) is 0. The van der Waals surface area contributed by atoms with Crippen molar-refractivity contribution >= 4 is 41.3 Å². The molecule has 3 rings (SSSR count). The van der Waals surface area contributed by atoms with Gasteiger partial charge in [0.2, 0.25) is 6.41 Å². The molecule has 3 heterocycles. The van der Waals surface area contributed by atoms with E-state index in [1.807, 2.05) is 6.92 Å². The van der Waals surface area contributed by atoms with E-state index in [9.17, 15) is 14.0 Å². The van der Waals surface area contributed by atoms with E-state index in [0.717, 1.165) is 6.54 Å². The van der Waals surface area contributed by atoms with Crippen LogP contribution in [0.3, 0.4) is 0 Å². The topological polar surface area (TPSA) is 83.1 Å². The standard InChI is InChI=1S/C16H14Cl2FN3O.C3H7NO/c1-9(17)3-2-4-12(19)10-7-8-20-16(10)11-5-6-13(18)21-14(11)22-15(16)23;1-2-4-3-5/h2-6,10,20H,1,7-8H2,(H,21,22,23);3H,2H2,1H3,(H,4,5)/b3-2-,12-4-;. The zero-order valence-corrected chi connectivity index (χ0v) is 16.8. The molecule has 1 fully saturated rings. The molecule has 2 aliphatic heterocycles. The van der Waals surface area contributed by atoms with Crippen LogP contribution in [-0.2, 0) is 15.1 Å². The molecule has 9 heteroatoms. The lowest BCUT2D eigenvalue weighted by Crippen LogP contribution is -2.48. The van der Waals surface area contributed by atoms with E-state index in [2.05, 4.69) is 27.5 Å². The van der Waals surface area contributed by atoms with Crippen molar-refractivity contribution in [3.63, 3.8) is 0 Å². The molecule has 1 spiro atoms. The van der Waals surface area contributed by atoms with Crippen LogP contribution in [-0.4, -0.2) is 30.4 Å². The van der Waals surface area contributed by atoms with Gasteiger partial charge in [0.15, 0.2) is 0 Å². The second kappa shape index (κ2) is 9.82. The summed E-state index contributed by atoms with van der Waals surface area (Å²) < 4.78 is 14.7. The molecule has 0 aliphatic carbocycles. The average Bonchev–Trinajstić information content (AvgIpc) is 3.19. The van der Waals surface area contributed by atoms with Gasteiger partial charge in [-0.25, -0.2) is 9.37 Å². The third kappa shape index (κ3) is 4.60. The molecule has 2 amide bonds. The molecule has 0 radical (unpaired) electrons. The number of hydrogen-bond donors (Lipinski definition) is 3. The summed E-state index contributed by atoms with van der Waals surface area (Å²) >= 11 is 11.5. The first kappa shape index (κ1) is 22.1. The Hall–Kier alpha value is -2.22. The third-order valence-corrected chi connectivity index (χ3v) is 4.73. The quantitative estimate of drug-likeness (QED) is 0.382. The normalized spacial score (nSPS) is 23.2. The van der Waals surface area contributed by atoms with Gasteiger partial charge in [0.1, 0.15) is 22.3 Å². The highest BCUT2D eigenvalue weighted by Gasteiger charge is 2.57. The molecule has 0 bridgehead atoms. The number of hydrogen-bond acceptors (Lipinski definition) is 4. The molecule has 1 aromatic rings. The number of nitrogens with one attached hydrogen (secondary N) is 3. The minimum Gasteiger partial charge on any atom is -0.359 e. The van der Waals surface area contributed by atoms with Crippen molar-refractivity contribution in [3.8, 4) is 0 Å². The summed E-state index contributed by atoms with van der Waals surface area (Å²) in [4.78, 5) is 26.0. The summed E-state index contributed by atoms with van der Waals surface area (Å²) in [5.74, 6) is -0.972. The largest absolute Gasteiger partial charge is 0.359 e. The average molecular weight is 427 g/mol. The van der Waals surface area contributed by atoms with Crippen molar-refractivity contribution in [1.29, 1.82) is 0 Å². The number of rotatable bonds is 5. The number of fused-ring (bicyclic) bond motifs is 2. The fourth-order valence-corrected chi connectivity index (χ4v) is 3.46. The Bertz CT molecular complexity index is 828. The Labute approximate surface area is 172 Å². The number of pyridine rings is 1. The Morgan fingerprint density at radius 1 is 1.54 bits per heavy atom. The summed E-state index contributed by atoms with van der Waals surface area (Å²) in [6, 6.07) is 3.30. The highest BCUT2D eigenvalue weighted by Crippen LogP contribution is 2.47. The molecule has 1 aromatic heterocycles. The van der Waals surface area contributed by atoms with E-state index in [0.29, 0.717) is 35.8 Å². The van der Waals surface area contributed by atoms with Gasteiger partial charge in [-0.05, 0) is 44.2 Å². The van der Waals surface area contributed by atoms with Crippen LogP contribution in [0.15, 0.2) is 47.8 Å². The van der Waals surface area contributed by atoms with Gasteiger partial charge in [-0.3, -0.25) is 14.9 Å². The van der Waals surface area contributed by atoms with Crippen LogP contribution >= 0.6 is 23.2 Å². The number of anilines is 1. The minimum atomic E-state index is -1.15. The second-order valence-electron chi connectivity index (χ2n) is 6.09. The van der Waals surface area contributed by atoms with Gasteiger partial charge < -0.3 is 10.6 Å². The fourth-order valence-electron chi connectivity index (χ4n) is 3.24. The van der Waals surface area contributed by atoms with Gasteiger partial charge in [-0.1, -0.05) is 35.9 Å². The van der Waals surface area contributed by atoms with E-state index in [1.165, 1.54) is 18.2 Å². The lowest BCUT2D eigenvalue weighted by atomic mass is 9.80. The zero-order chi connectivity index (χ0) is 20.7. The smallest absolute Gasteiger partial charge is 0.251 e. The Balaban J connectivity index is 0.000000500. The monoisotopic (exact) mass is 426 g/mol. The number of halogens is 3. The van der Waals surface area contributed by atoms with Crippen LogP contribution in [0.1, 0.15) is 18.9 Å². The molecule has 2 atom stereocenters. The van der Waals surface area contributed by atoms with Crippen LogP contribution in [0.2, 0.25) is 5.15 Å². The van der Waals surface area contributed by atoms with Crippen LogP contribution < -0.4 is 16.0 Å². The molecule has 0 aromatic carbocycles. The maximum absolute atomic E-state index is 14.7. The molecule has 28 heavy (non-hydrogen) atoms. The SMILES string of the molecule is C=C(Cl)/C=C\C=C(/F)C1CCNC12C(=O)Nc1nc(Cl)ccc12.CCNC=O. The van der Waals surface area contributed by atoms with E-state index < -0.39 is 17.3 Å². The Kier molecular flexibility index (Phi) is 7.74. The van der Waals surface area contributed by atoms with E-state index in [1.54, 1.807) is 12.1 Å². The molecule has 3 N–H and O–H groups in total. The molecular weight excluding hydrogens is 406 g/mol. The van der Waals surface area contributed by atoms with Crippen molar-refractivity contribution in [2.24, 2.45) is 5.92 Å². The van der Waals surface area contributed by atoms with Crippen LogP contribution in [0.5, 0.6) is 0 Å². The maximum Gasteiger partial charge on any atom is 0.251 e. The molecule has 0 saturated carbocycles. The minimum absolute atomic E-state index is 0.273. The lowest BCUT2D eigenvalue weighted by molar-refractivity contribution is -0.122. The molecule has 2 aliphatic rings. The summed E-state index contributed by atoms with van der Waals surface area (Å²) in [5, 5.41) is 8.84. The number of carbonyl (C=O) groups is 2. The van der Waals surface area contributed by atoms with Gasteiger partial charge in [-0.2, -0.15) is 0 Å². The number of aromatic nitrogens is 1. The van der Waals surface area contributed by atoms with Gasteiger partial charge in [-0.15, -0.1) is 0 Å². The summed E-state index contributed by atoms with van der Waals surface area (Å²) in [5.41, 5.74) is -0.539. The van der Waals surface area contributed by atoms with Gasteiger partial charge in [0.25, 0.3) is 5.91 Å². The first-order chi connectivity index (χ1) is 13.4. The van der Waals surface area contributed by atoms with Crippen molar-refractivity contribution in [1.82, 2.24) is 15.6 Å². The predicted molar refractivity (Wildman–Crippen MR) is 109 cm³/mol. The van der Waals surface area contributed by atoms with Crippen LogP contribution in [0.25, 0.3) is 0 Å². The summed E-state index contributed by atoms with van der Waals surface area (Å²) in [6.45, 7) is 6.62. The molecule has 150 valence electrons. The first-order valence-electron chi connectivity index (χ1n) is 8.65. The lowest BCUT2D eigenvalue weighted by Gasteiger charge is -2.28. The predicted octanol–water partition coefficient (Wildman–Crippen LogP) is 3.41. The highest BCUT2D eigenvalue weighted by molar-refractivity contribution is 6.30. The van der Waals surface area contributed by atoms with Crippen molar-refractivity contribution in [2.75, 3.05) is 18.4 Å². The number of nitrogens with zero attached hydrogens (tertiary/aromatic N) is 1. The van der Waals surface area contributed by atoms with Crippen molar-refractivity contribution in [3.05, 3.63) is 58.5 Å². The second-order valence-corrected chi connectivity index (χ2v) is 6.97. The molecule has 2 unspecified atom stereocenters. The van der Waals surface area contributed by atoms with Crippen LogP contribution in [0.4, 0.5) is 10.2 Å². The summed E-state index contributed by atoms with van der Waals surface area (Å²) in [6.07, 6.45) is 5.44. The highest BCUT2D eigenvalue weighted by atomic mass is 35.5. The Morgan fingerprint density at radius 3 is 2.89 bits per heavy atom. The zero-order valence-electron chi connectivity index (χ0n) is 15.3. The third-order valence-electron chi connectivity index (χ3n) is 4.39. The van der Waals surface area contributed by atoms with E-state index in [-0.39, 0.29) is 11.1 Å². The first-order valence-corrected chi connectivity index (χ1v) is 9.41. The van der Waals surface area contributed by atoms with E-state index in [4.69, 9.17) is 23.2 Å². The molecule has 1 saturated heterocycles. The fraction of sp³-hybridized carbons (Fsp3) is 0.316. The van der Waals surface area contributed by atoms with Gasteiger partial charge in [0.05, 0.1) is 0 Å². The van der Waals surface area contributed by atoms with Crippen molar-refractivity contribution < 1.29 is 14.0 Å². The van der Waals surface area contributed by atoms with Gasteiger partial charge in [0, 0.05) is 23.1 Å². The van der Waals surface area contributed by atoms with Crippen LogP contribution in [0, 0.1) is 5.92 Å². The van der Waals surface area contributed by atoms with Gasteiger partial charge >= 0.3 is 0 Å².